The number of nitro benzene ring substituents is 1. The van der Waals surface area contributed by atoms with Crippen LogP contribution in [0.4, 0.5) is 18.9 Å². The van der Waals surface area contributed by atoms with Gasteiger partial charge >= 0.3 is 12.1 Å². The van der Waals surface area contributed by atoms with Crippen molar-refractivity contribution in [2.45, 2.75) is 18.0 Å². The van der Waals surface area contributed by atoms with Gasteiger partial charge in [0.15, 0.2) is 4.90 Å². The van der Waals surface area contributed by atoms with E-state index in [2.05, 4.69) is 4.84 Å². The summed E-state index contributed by atoms with van der Waals surface area (Å²) in [7, 11) is -4.79. The third-order valence-corrected chi connectivity index (χ3v) is 4.27. The first-order valence-corrected chi connectivity index (χ1v) is 7.62. The molecule has 0 unspecified atom stereocenters. The number of nitrogens with two attached hydrogens (primary N) is 1. The van der Waals surface area contributed by atoms with Crippen molar-refractivity contribution in [3.8, 4) is 0 Å². The molecule has 0 aliphatic rings. The molecule has 1 aromatic carbocycles. The molecule has 24 heavy (non-hydrogen) atoms. The smallest absolute Gasteiger partial charge is 0.353 e. The quantitative estimate of drug-likeness (QED) is 0.583. The third kappa shape index (κ3) is 4.39. The molecule has 0 heterocycles. The van der Waals surface area contributed by atoms with Crippen molar-refractivity contribution >= 4 is 21.7 Å². The van der Waals surface area contributed by atoms with Gasteiger partial charge in [-0.15, -0.1) is 0 Å². The van der Waals surface area contributed by atoms with Gasteiger partial charge in [0, 0.05) is 19.5 Å². The average molecular weight is 371 g/mol. The van der Waals surface area contributed by atoms with Gasteiger partial charge in [0.25, 0.3) is 15.7 Å². The Kier molecular flexibility index (Phi) is 5.86. The Morgan fingerprint density at radius 1 is 1.42 bits per heavy atom. The average Bonchev–Trinajstić information content (AvgIpc) is 2.44. The van der Waals surface area contributed by atoms with Crippen LogP contribution in [0, 0.1) is 10.1 Å². The SMILES string of the molecule is CC(=O)ON(CCN)S(=O)(=O)c1ccc(C(F)(F)F)cc1[N+](=O)[O-]. The van der Waals surface area contributed by atoms with E-state index in [0.717, 1.165) is 6.92 Å². The zero-order chi connectivity index (χ0) is 18.7. The molecule has 0 spiro atoms. The standard InChI is InChI=1S/C11H12F3N3O6S/c1-7(18)23-16(5-4-15)24(21,22)10-3-2-8(11(12,13)14)6-9(10)17(19)20/h2-3,6H,4-5,15H2,1H3. The van der Waals surface area contributed by atoms with Crippen molar-refractivity contribution in [3.63, 3.8) is 0 Å². The Labute approximate surface area is 133 Å². The van der Waals surface area contributed by atoms with Crippen LogP contribution < -0.4 is 5.73 Å². The number of sulfonamides is 1. The summed E-state index contributed by atoms with van der Waals surface area (Å²) in [6, 6.07) is 0.874. The van der Waals surface area contributed by atoms with E-state index in [0.29, 0.717) is 12.1 Å². The molecule has 13 heteroatoms. The molecule has 0 aromatic heterocycles. The summed E-state index contributed by atoms with van der Waals surface area (Å²) < 4.78 is 62.7. The van der Waals surface area contributed by atoms with Crippen LogP contribution in [0.5, 0.6) is 0 Å². The van der Waals surface area contributed by atoms with Crippen molar-refractivity contribution in [1.29, 1.82) is 0 Å². The molecule has 9 nitrogen and oxygen atoms in total. The molecular weight excluding hydrogens is 359 g/mol. The van der Waals surface area contributed by atoms with Crippen LogP contribution >= 0.6 is 0 Å². The number of hydrogen-bond donors (Lipinski definition) is 1. The summed E-state index contributed by atoms with van der Waals surface area (Å²) in [4.78, 5) is 24.0. The van der Waals surface area contributed by atoms with Gasteiger partial charge in [-0.2, -0.15) is 13.2 Å². The van der Waals surface area contributed by atoms with Crippen LogP contribution in [0.1, 0.15) is 12.5 Å². The van der Waals surface area contributed by atoms with E-state index in [9.17, 15) is 36.5 Å². The van der Waals surface area contributed by atoms with Gasteiger partial charge in [-0.05, 0) is 16.6 Å². The highest BCUT2D eigenvalue weighted by Gasteiger charge is 2.38. The van der Waals surface area contributed by atoms with Gasteiger partial charge in [-0.25, -0.2) is 8.42 Å². The summed E-state index contributed by atoms with van der Waals surface area (Å²) in [5.41, 5.74) is 2.48. The Bertz CT molecular complexity index is 750. The lowest BCUT2D eigenvalue weighted by molar-refractivity contribution is -0.388. The van der Waals surface area contributed by atoms with Crippen molar-refractivity contribution in [2.75, 3.05) is 13.1 Å². The first-order chi connectivity index (χ1) is 10.9. The maximum atomic E-state index is 12.6. The number of rotatable bonds is 6. The van der Waals surface area contributed by atoms with Gasteiger partial charge in [0.1, 0.15) is 0 Å². The molecule has 2 N–H and O–H groups in total. The molecule has 0 radical (unpaired) electrons. The number of nitro groups is 1. The second-order valence-corrected chi connectivity index (χ2v) is 6.14. The maximum Gasteiger partial charge on any atom is 0.416 e. The molecule has 1 aromatic rings. The zero-order valence-corrected chi connectivity index (χ0v) is 12.9. The summed E-state index contributed by atoms with van der Waals surface area (Å²) in [5.74, 6) is -1.05. The fraction of sp³-hybridized carbons (Fsp3) is 0.364. The number of hydroxylamine groups is 1. The Hall–Kier alpha value is -2.25. The molecular formula is C11H12F3N3O6S. The summed E-state index contributed by atoms with van der Waals surface area (Å²) in [5, 5.41) is 11.0. The third-order valence-electron chi connectivity index (χ3n) is 2.57. The molecule has 0 fully saturated rings. The van der Waals surface area contributed by atoms with Crippen molar-refractivity contribution in [1.82, 2.24) is 4.47 Å². The van der Waals surface area contributed by atoms with Gasteiger partial charge in [0.2, 0.25) is 0 Å². The second-order valence-electron chi connectivity index (χ2n) is 4.34. The van der Waals surface area contributed by atoms with E-state index in [4.69, 9.17) is 5.73 Å². The first-order valence-electron chi connectivity index (χ1n) is 6.18. The zero-order valence-electron chi connectivity index (χ0n) is 12.1. The Morgan fingerprint density at radius 3 is 2.42 bits per heavy atom. The lowest BCUT2D eigenvalue weighted by Gasteiger charge is -2.19. The highest BCUT2D eigenvalue weighted by Crippen LogP contribution is 2.35. The van der Waals surface area contributed by atoms with Crippen molar-refractivity contribution in [3.05, 3.63) is 33.9 Å². The van der Waals surface area contributed by atoms with Gasteiger partial charge in [0.05, 0.1) is 17.0 Å². The highest BCUT2D eigenvalue weighted by atomic mass is 32.2. The fourth-order valence-corrected chi connectivity index (χ4v) is 3.03. The summed E-state index contributed by atoms with van der Waals surface area (Å²) in [6.45, 7) is 0.0290. The van der Waals surface area contributed by atoms with Crippen LogP contribution in [0.2, 0.25) is 0 Å². The lowest BCUT2D eigenvalue weighted by Crippen LogP contribution is -2.37. The predicted molar refractivity (Wildman–Crippen MR) is 72.8 cm³/mol. The number of carbonyl (C=O) groups excluding carboxylic acids is 1. The summed E-state index contributed by atoms with van der Waals surface area (Å²) >= 11 is 0. The monoisotopic (exact) mass is 371 g/mol. The molecule has 134 valence electrons. The van der Waals surface area contributed by atoms with Crippen LogP contribution in [0.3, 0.4) is 0 Å². The lowest BCUT2D eigenvalue weighted by atomic mass is 10.2. The topological polar surface area (TPSA) is 133 Å². The number of hydrogen-bond acceptors (Lipinski definition) is 7. The number of alkyl halides is 3. The Balaban J connectivity index is 3.52. The van der Waals surface area contributed by atoms with E-state index >= 15 is 0 Å². The van der Waals surface area contributed by atoms with Crippen LogP contribution in [-0.4, -0.2) is 36.9 Å². The fourth-order valence-electron chi connectivity index (χ4n) is 1.63. The highest BCUT2D eigenvalue weighted by molar-refractivity contribution is 7.89. The van der Waals surface area contributed by atoms with Crippen molar-refractivity contribution in [2.24, 2.45) is 5.73 Å². The maximum absolute atomic E-state index is 12.6. The van der Waals surface area contributed by atoms with Gasteiger partial charge < -0.3 is 10.6 Å². The molecule has 0 amide bonds. The largest absolute Gasteiger partial charge is 0.416 e. The van der Waals surface area contributed by atoms with Gasteiger partial charge in [-0.3, -0.25) is 14.9 Å². The molecule has 0 saturated carbocycles. The Morgan fingerprint density at radius 2 is 2.00 bits per heavy atom. The van der Waals surface area contributed by atoms with Crippen LogP contribution in [0.15, 0.2) is 23.1 Å². The normalized spacial score (nSPS) is 12.2. The molecule has 0 aliphatic heterocycles. The van der Waals surface area contributed by atoms with E-state index < -0.39 is 49.8 Å². The second kappa shape index (κ2) is 7.11. The minimum Gasteiger partial charge on any atom is -0.353 e. The molecule has 0 atom stereocenters. The van der Waals surface area contributed by atoms with Crippen LogP contribution in [-0.2, 0) is 25.8 Å². The number of carbonyl (C=O) groups is 1. The van der Waals surface area contributed by atoms with E-state index in [1.807, 2.05) is 0 Å². The molecule has 0 bridgehead atoms. The molecule has 0 saturated heterocycles. The number of benzene rings is 1. The van der Waals surface area contributed by atoms with E-state index in [1.54, 1.807) is 0 Å². The van der Waals surface area contributed by atoms with Crippen LogP contribution in [0.25, 0.3) is 0 Å². The number of halogens is 3. The van der Waals surface area contributed by atoms with E-state index in [-0.39, 0.29) is 17.1 Å². The minimum atomic E-state index is -4.90. The van der Waals surface area contributed by atoms with Gasteiger partial charge in [-0.1, -0.05) is 0 Å². The predicted octanol–water partition coefficient (Wildman–Crippen LogP) is 1.04. The van der Waals surface area contributed by atoms with E-state index in [1.165, 1.54) is 0 Å². The minimum absolute atomic E-state index is 0.0846. The molecule has 1 rings (SSSR count). The molecule has 0 aliphatic carbocycles. The van der Waals surface area contributed by atoms with Crippen molar-refractivity contribution < 1.29 is 36.1 Å². The first kappa shape index (κ1) is 19.8. The summed E-state index contributed by atoms with van der Waals surface area (Å²) in [6.07, 6.45) is -4.90. The number of nitrogens with zero attached hydrogens (tertiary/aromatic N) is 2.